The third-order valence-electron chi connectivity index (χ3n) is 4.01. The number of fused-ring (bicyclic) bond motifs is 3. The summed E-state index contributed by atoms with van der Waals surface area (Å²) in [6.45, 7) is 1.99. The number of rotatable bonds is 1. The third-order valence-corrected chi connectivity index (χ3v) is 4.24. The highest BCUT2D eigenvalue weighted by Crippen LogP contribution is 2.34. The van der Waals surface area contributed by atoms with Crippen LogP contribution in [0.2, 0.25) is 5.02 Å². The number of aromatic nitrogens is 1. The van der Waals surface area contributed by atoms with Gasteiger partial charge < -0.3 is 10.3 Å². The highest BCUT2D eigenvalue weighted by Gasteiger charge is 2.17. The fourth-order valence-corrected chi connectivity index (χ4v) is 3.29. The van der Waals surface area contributed by atoms with Gasteiger partial charge in [0.15, 0.2) is 0 Å². The molecule has 4 rings (SSSR count). The first-order chi connectivity index (χ1) is 9.83. The first-order valence-electron chi connectivity index (χ1n) is 6.92. The standard InChI is InChI=1S/C17H15ClN2/c18-12-4-1-3-11(9-12)13-5-2-6-16-17(13)14-10-19-8-7-15(14)20-16/h1-6,9,19-20H,7-8,10H2. The number of hydrogen-bond acceptors (Lipinski definition) is 1. The lowest BCUT2D eigenvalue weighted by atomic mass is 9.97. The summed E-state index contributed by atoms with van der Waals surface area (Å²) in [5, 5.41) is 5.57. The molecular formula is C17H15ClN2. The van der Waals surface area contributed by atoms with Gasteiger partial charge in [-0.1, -0.05) is 35.9 Å². The number of aromatic amines is 1. The van der Waals surface area contributed by atoms with Gasteiger partial charge in [-0.15, -0.1) is 0 Å². The molecule has 100 valence electrons. The molecule has 0 fully saturated rings. The van der Waals surface area contributed by atoms with Crippen LogP contribution in [0.3, 0.4) is 0 Å². The molecule has 1 aliphatic rings. The van der Waals surface area contributed by atoms with E-state index in [0.29, 0.717) is 0 Å². The average molecular weight is 283 g/mol. The quantitative estimate of drug-likeness (QED) is 0.690. The minimum atomic E-state index is 0.780. The van der Waals surface area contributed by atoms with E-state index >= 15 is 0 Å². The summed E-state index contributed by atoms with van der Waals surface area (Å²) < 4.78 is 0. The third kappa shape index (κ3) is 1.84. The highest BCUT2D eigenvalue weighted by molar-refractivity contribution is 6.30. The van der Waals surface area contributed by atoms with Gasteiger partial charge in [-0.3, -0.25) is 0 Å². The maximum absolute atomic E-state index is 6.14. The monoisotopic (exact) mass is 282 g/mol. The van der Waals surface area contributed by atoms with Crippen molar-refractivity contribution in [3.8, 4) is 11.1 Å². The predicted molar refractivity (Wildman–Crippen MR) is 84.2 cm³/mol. The first kappa shape index (κ1) is 12.0. The van der Waals surface area contributed by atoms with Gasteiger partial charge in [0.05, 0.1) is 0 Å². The summed E-state index contributed by atoms with van der Waals surface area (Å²) in [7, 11) is 0. The normalized spacial score (nSPS) is 14.4. The van der Waals surface area contributed by atoms with Crippen LogP contribution in [-0.2, 0) is 13.0 Å². The Kier molecular flexibility index (Phi) is 2.79. The molecule has 0 radical (unpaired) electrons. The van der Waals surface area contributed by atoms with Crippen molar-refractivity contribution in [1.82, 2.24) is 10.3 Å². The number of hydrogen-bond donors (Lipinski definition) is 2. The van der Waals surface area contributed by atoms with E-state index in [2.05, 4.69) is 34.6 Å². The molecule has 2 aromatic carbocycles. The minimum Gasteiger partial charge on any atom is -0.358 e. The zero-order valence-corrected chi connectivity index (χ0v) is 11.8. The van der Waals surface area contributed by atoms with Crippen molar-refractivity contribution in [2.75, 3.05) is 6.54 Å². The summed E-state index contributed by atoms with van der Waals surface area (Å²) >= 11 is 6.14. The zero-order chi connectivity index (χ0) is 13.5. The molecule has 0 spiro atoms. The van der Waals surface area contributed by atoms with Crippen molar-refractivity contribution < 1.29 is 0 Å². The lowest BCUT2D eigenvalue weighted by Crippen LogP contribution is -2.22. The van der Waals surface area contributed by atoms with Gasteiger partial charge in [-0.25, -0.2) is 0 Å². The molecule has 0 saturated carbocycles. The van der Waals surface area contributed by atoms with Gasteiger partial charge in [0.1, 0.15) is 0 Å². The van der Waals surface area contributed by atoms with Crippen molar-refractivity contribution in [2.45, 2.75) is 13.0 Å². The molecule has 1 aliphatic heterocycles. The maximum Gasteiger partial charge on any atom is 0.0465 e. The van der Waals surface area contributed by atoms with E-state index in [1.54, 1.807) is 0 Å². The molecule has 0 atom stereocenters. The van der Waals surface area contributed by atoms with Crippen molar-refractivity contribution in [3.63, 3.8) is 0 Å². The second-order valence-corrected chi connectivity index (χ2v) is 5.68. The molecule has 2 N–H and O–H groups in total. The van der Waals surface area contributed by atoms with Crippen LogP contribution in [0.5, 0.6) is 0 Å². The first-order valence-corrected chi connectivity index (χ1v) is 7.30. The van der Waals surface area contributed by atoms with Gasteiger partial charge in [0.25, 0.3) is 0 Å². The molecular weight excluding hydrogens is 268 g/mol. The molecule has 3 heteroatoms. The summed E-state index contributed by atoms with van der Waals surface area (Å²) in [5.41, 5.74) is 6.42. The van der Waals surface area contributed by atoms with E-state index < -0.39 is 0 Å². The Hall–Kier alpha value is -1.77. The summed E-state index contributed by atoms with van der Waals surface area (Å²) in [6.07, 6.45) is 1.07. The van der Waals surface area contributed by atoms with Crippen LogP contribution < -0.4 is 5.32 Å². The fraction of sp³-hybridized carbons (Fsp3) is 0.176. The Labute approximate surface area is 122 Å². The molecule has 0 aliphatic carbocycles. The van der Waals surface area contributed by atoms with E-state index in [0.717, 1.165) is 24.5 Å². The smallest absolute Gasteiger partial charge is 0.0465 e. The van der Waals surface area contributed by atoms with Gasteiger partial charge in [0.2, 0.25) is 0 Å². The average Bonchev–Trinajstić information content (AvgIpc) is 2.85. The topological polar surface area (TPSA) is 27.8 Å². The fourth-order valence-electron chi connectivity index (χ4n) is 3.10. The SMILES string of the molecule is Clc1cccc(-c2cccc3[nH]c4c(c23)CNCC4)c1. The lowest BCUT2D eigenvalue weighted by molar-refractivity contribution is 0.641. The van der Waals surface area contributed by atoms with Crippen molar-refractivity contribution in [2.24, 2.45) is 0 Å². The number of H-pyrrole nitrogens is 1. The second kappa shape index (κ2) is 4.65. The van der Waals surface area contributed by atoms with Gasteiger partial charge in [-0.05, 0) is 34.9 Å². The van der Waals surface area contributed by atoms with Gasteiger partial charge in [0, 0.05) is 41.1 Å². The molecule has 2 heterocycles. The van der Waals surface area contributed by atoms with E-state index in [1.165, 1.54) is 33.3 Å². The number of benzene rings is 2. The van der Waals surface area contributed by atoms with Crippen molar-refractivity contribution in [1.29, 1.82) is 0 Å². The van der Waals surface area contributed by atoms with Crippen LogP contribution in [0.1, 0.15) is 11.3 Å². The largest absolute Gasteiger partial charge is 0.358 e. The van der Waals surface area contributed by atoms with Crippen LogP contribution in [0.15, 0.2) is 42.5 Å². The Morgan fingerprint density at radius 1 is 1.05 bits per heavy atom. The number of nitrogens with one attached hydrogen (secondary N) is 2. The summed E-state index contributed by atoms with van der Waals surface area (Å²) in [6, 6.07) is 14.5. The number of halogens is 1. The maximum atomic E-state index is 6.14. The highest BCUT2D eigenvalue weighted by atomic mass is 35.5. The van der Waals surface area contributed by atoms with Crippen LogP contribution in [-0.4, -0.2) is 11.5 Å². The van der Waals surface area contributed by atoms with Crippen molar-refractivity contribution >= 4 is 22.5 Å². The Morgan fingerprint density at radius 2 is 1.95 bits per heavy atom. The van der Waals surface area contributed by atoms with E-state index in [-0.39, 0.29) is 0 Å². The van der Waals surface area contributed by atoms with Crippen LogP contribution in [0.4, 0.5) is 0 Å². The van der Waals surface area contributed by atoms with Crippen LogP contribution in [0.25, 0.3) is 22.0 Å². The van der Waals surface area contributed by atoms with Gasteiger partial charge >= 0.3 is 0 Å². The summed E-state index contributed by atoms with van der Waals surface area (Å²) in [5.74, 6) is 0. The van der Waals surface area contributed by atoms with E-state index in [4.69, 9.17) is 11.6 Å². The summed E-state index contributed by atoms with van der Waals surface area (Å²) in [4.78, 5) is 3.57. The van der Waals surface area contributed by atoms with Crippen LogP contribution >= 0.6 is 11.6 Å². The zero-order valence-electron chi connectivity index (χ0n) is 11.0. The molecule has 0 saturated heterocycles. The molecule has 20 heavy (non-hydrogen) atoms. The molecule has 2 nitrogen and oxygen atoms in total. The molecule has 0 amide bonds. The van der Waals surface area contributed by atoms with E-state index in [1.807, 2.05) is 18.2 Å². The Balaban J connectivity index is 2.02. The van der Waals surface area contributed by atoms with Gasteiger partial charge in [-0.2, -0.15) is 0 Å². The molecule has 0 unspecified atom stereocenters. The van der Waals surface area contributed by atoms with Crippen molar-refractivity contribution in [3.05, 3.63) is 58.7 Å². The minimum absolute atomic E-state index is 0.780. The molecule has 3 aromatic rings. The Morgan fingerprint density at radius 3 is 2.85 bits per heavy atom. The molecule has 0 bridgehead atoms. The predicted octanol–water partition coefficient (Wildman–Crippen LogP) is 4.13. The lowest BCUT2D eigenvalue weighted by Gasteiger charge is -2.14. The second-order valence-electron chi connectivity index (χ2n) is 5.25. The van der Waals surface area contributed by atoms with E-state index in [9.17, 15) is 0 Å². The Bertz CT molecular complexity index is 789. The van der Waals surface area contributed by atoms with Crippen LogP contribution in [0, 0.1) is 0 Å². The molecule has 1 aromatic heterocycles.